The molecule has 0 spiro atoms. The number of anilines is 2. The van der Waals surface area contributed by atoms with Gasteiger partial charge in [-0.3, -0.25) is 9.59 Å². The van der Waals surface area contributed by atoms with E-state index in [4.69, 9.17) is 16.2 Å². The Hall–Kier alpha value is -3.48. The van der Waals surface area contributed by atoms with Crippen LogP contribution in [0.15, 0.2) is 42.6 Å². The summed E-state index contributed by atoms with van der Waals surface area (Å²) < 4.78 is 5.49. The fourth-order valence-corrected chi connectivity index (χ4v) is 3.39. The second kappa shape index (κ2) is 9.14. The molecule has 152 valence electrons. The number of rotatable bonds is 9. The Bertz CT molecular complexity index is 1030. The number of aromatic nitrogens is 1. The lowest BCUT2D eigenvalue weighted by Gasteiger charge is -2.10. The van der Waals surface area contributed by atoms with E-state index in [1.165, 1.54) is 0 Å². The third-order valence-corrected chi connectivity index (χ3v) is 4.93. The zero-order valence-corrected chi connectivity index (χ0v) is 16.5. The maximum Gasteiger partial charge on any atom is 0.250 e. The molecule has 6 N–H and O–H groups in total. The monoisotopic (exact) mass is 394 g/mol. The highest BCUT2D eigenvalue weighted by Gasteiger charge is 2.13. The van der Waals surface area contributed by atoms with Crippen molar-refractivity contribution >= 4 is 34.1 Å². The summed E-state index contributed by atoms with van der Waals surface area (Å²) in [5.74, 6) is 0.228. The Morgan fingerprint density at radius 3 is 2.66 bits per heavy atom. The van der Waals surface area contributed by atoms with Gasteiger partial charge in [-0.05, 0) is 49.1 Å². The second-order valence-electron chi connectivity index (χ2n) is 6.97. The van der Waals surface area contributed by atoms with Crippen molar-refractivity contribution in [2.45, 2.75) is 32.1 Å². The molecule has 0 aliphatic rings. The number of para-hydroxylation sites is 2. The van der Waals surface area contributed by atoms with Gasteiger partial charge >= 0.3 is 0 Å². The molecule has 0 saturated heterocycles. The largest absolute Gasteiger partial charge is 0.496 e. The van der Waals surface area contributed by atoms with Crippen LogP contribution in [0.3, 0.4) is 0 Å². The van der Waals surface area contributed by atoms with Crippen LogP contribution in [0.25, 0.3) is 10.9 Å². The number of methoxy groups -OCH3 is 1. The molecular formula is C22H26N4O3. The van der Waals surface area contributed by atoms with E-state index in [-0.39, 0.29) is 5.91 Å². The van der Waals surface area contributed by atoms with Crippen LogP contribution >= 0.6 is 0 Å². The van der Waals surface area contributed by atoms with Crippen molar-refractivity contribution in [1.82, 2.24) is 4.98 Å². The molecule has 3 rings (SSSR count). The summed E-state index contributed by atoms with van der Waals surface area (Å²) in [5.41, 5.74) is 14.8. The van der Waals surface area contributed by atoms with Crippen LogP contribution in [0.1, 0.15) is 41.6 Å². The van der Waals surface area contributed by atoms with Gasteiger partial charge in [-0.2, -0.15) is 0 Å². The summed E-state index contributed by atoms with van der Waals surface area (Å²) in [6, 6.07) is 11.1. The lowest BCUT2D eigenvalue weighted by molar-refractivity contribution is -0.116. The van der Waals surface area contributed by atoms with Crippen LogP contribution in [-0.2, 0) is 11.2 Å². The van der Waals surface area contributed by atoms with Crippen LogP contribution in [0.5, 0.6) is 5.75 Å². The smallest absolute Gasteiger partial charge is 0.250 e. The van der Waals surface area contributed by atoms with Crippen molar-refractivity contribution in [2.75, 3.05) is 18.2 Å². The average Bonchev–Trinajstić information content (AvgIpc) is 3.11. The number of primary amides is 1. The molecule has 0 bridgehead atoms. The zero-order chi connectivity index (χ0) is 20.8. The quantitative estimate of drug-likeness (QED) is 0.327. The summed E-state index contributed by atoms with van der Waals surface area (Å²) in [4.78, 5) is 26.7. The summed E-state index contributed by atoms with van der Waals surface area (Å²) in [7, 11) is 1.61. The molecule has 0 saturated carbocycles. The van der Waals surface area contributed by atoms with Gasteiger partial charge < -0.3 is 26.5 Å². The van der Waals surface area contributed by atoms with E-state index in [2.05, 4.69) is 10.3 Å². The van der Waals surface area contributed by atoms with Crippen molar-refractivity contribution in [3.8, 4) is 5.75 Å². The molecule has 29 heavy (non-hydrogen) atoms. The molecule has 2 aromatic carbocycles. The third kappa shape index (κ3) is 4.87. The Balaban J connectivity index is 1.51. The Morgan fingerprint density at radius 1 is 1.14 bits per heavy atom. The highest BCUT2D eigenvalue weighted by Crippen LogP contribution is 2.29. The van der Waals surface area contributed by atoms with Gasteiger partial charge in [-0.1, -0.05) is 18.6 Å². The van der Waals surface area contributed by atoms with Gasteiger partial charge in [0, 0.05) is 23.5 Å². The van der Waals surface area contributed by atoms with Gasteiger partial charge in [0.15, 0.2) is 0 Å². The van der Waals surface area contributed by atoms with Gasteiger partial charge in [0.25, 0.3) is 5.91 Å². The first-order chi connectivity index (χ1) is 14.0. The number of ether oxygens (including phenoxy) is 1. The van der Waals surface area contributed by atoms with Crippen LogP contribution in [0.2, 0.25) is 0 Å². The van der Waals surface area contributed by atoms with E-state index < -0.39 is 5.91 Å². The molecular weight excluding hydrogens is 368 g/mol. The molecule has 0 aliphatic heterocycles. The number of nitrogens with two attached hydrogens (primary N) is 2. The van der Waals surface area contributed by atoms with E-state index in [1.54, 1.807) is 25.4 Å². The van der Waals surface area contributed by atoms with Crippen LogP contribution in [0.4, 0.5) is 11.4 Å². The Morgan fingerprint density at radius 2 is 1.93 bits per heavy atom. The molecule has 0 aliphatic carbocycles. The number of aryl methyl sites for hydroxylation is 1. The molecule has 7 heteroatoms. The van der Waals surface area contributed by atoms with Crippen LogP contribution in [-0.4, -0.2) is 23.9 Å². The first-order valence-corrected chi connectivity index (χ1v) is 9.61. The highest BCUT2D eigenvalue weighted by molar-refractivity contribution is 6.06. The topological polar surface area (TPSA) is 123 Å². The number of hydrogen-bond acceptors (Lipinski definition) is 4. The highest BCUT2D eigenvalue weighted by atomic mass is 16.5. The number of carbonyl (C=O) groups is 2. The van der Waals surface area contributed by atoms with Crippen LogP contribution in [0, 0.1) is 0 Å². The normalized spacial score (nSPS) is 10.8. The number of unbranched alkanes of at least 4 members (excludes halogenated alkanes) is 2. The van der Waals surface area contributed by atoms with E-state index in [0.717, 1.165) is 47.9 Å². The molecule has 0 atom stereocenters. The second-order valence-corrected chi connectivity index (χ2v) is 6.97. The number of amides is 2. The zero-order valence-electron chi connectivity index (χ0n) is 16.5. The molecule has 1 aromatic heterocycles. The van der Waals surface area contributed by atoms with E-state index in [0.29, 0.717) is 23.4 Å². The average molecular weight is 394 g/mol. The lowest BCUT2D eigenvalue weighted by atomic mass is 10.0. The van der Waals surface area contributed by atoms with Gasteiger partial charge in [-0.15, -0.1) is 0 Å². The lowest BCUT2D eigenvalue weighted by Crippen LogP contribution is -2.12. The van der Waals surface area contributed by atoms with E-state index in [9.17, 15) is 9.59 Å². The van der Waals surface area contributed by atoms with Gasteiger partial charge in [0.2, 0.25) is 5.91 Å². The van der Waals surface area contributed by atoms with Crippen molar-refractivity contribution in [1.29, 1.82) is 0 Å². The van der Waals surface area contributed by atoms with Crippen molar-refractivity contribution in [2.24, 2.45) is 5.73 Å². The Kier molecular flexibility index (Phi) is 6.39. The van der Waals surface area contributed by atoms with Crippen molar-refractivity contribution in [3.05, 3.63) is 53.7 Å². The van der Waals surface area contributed by atoms with E-state index in [1.807, 2.05) is 24.3 Å². The SMILES string of the molecule is COc1cc2c(C(N)=O)c[nH]c2cc1CCCCCC(=O)Nc1ccccc1N. The van der Waals surface area contributed by atoms with E-state index >= 15 is 0 Å². The summed E-state index contributed by atoms with van der Waals surface area (Å²) in [5, 5.41) is 3.60. The molecule has 0 fully saturated rings. The molecule has 3 aromatic rings. The number of aromatic amines is 1. The third-order valence-electron chi connectivity index (χ3n) is 4.93. The molecule has 0 unspecified atom stereocenters. The molecule has 2 amide bonds. The first kappa shape index (κ1) is 20.3. The fourth-order valence-electron chi connectivity index (χ4n) is 3.39. The summed E-state index contributed by atoms with van der Waals surface area (Å²) in [6.45, 7) is 0. The Labute approximate surface area is 169 Å². The maximum atomic E-state index is 12.1. The fraction of sp³-hybridized carbons (Fsp3) is 0.273. The van der Waals surface area contributed by atoms with Gasteiger partial charge in [0.05, 0.1) is 24.0 Å². The van der Waals surface area contributed by atoms with Crippen molar-refractivity contribution < 1.29 is 14.3 Å². The maximum absolute atomic E-state index is 12.1. The number of hydrogen-bond donors (Lipinski definition) is 4. The molecule has 0 radical (unpaired) electrons. The summed E-state index contributed by atoms with van der Waals surface area (Å²) >= 11 is 0. The number of carbonyl (C=O) groups excluding carboxylic acids is 2. The van der Waals surface area contributed by atoms with Crippen LogP contribution < -0.4 is 21.5 Å². The minimum atomic E-state index is -0.471. The number of nitrogens with one attached hydrogen (secondary N) is 2. The number of nitrogen functional groups attached to an aromatic ring is 1. The minimum absolute atomic E-state index is 0.0349. The first-order valence-electron chi connectivity index (χ1n) is 9.61. The minimum Gasteiger partial charge on any atom is -0.496 e. The number of fused-ring (bicyclic) bond motifs is 1. The number of H-pyrrole nitrogens is 1. The molecule has 7 nitrogen and oxygen atoms in total. The predicted octanol–water partition coefficient (Wildman–Crippen LogP) is 3.60. The molecule has 1 heterocycles. The summed E-state index contributed by atoms with van der Waals surface area (Å²) in [6.07, 6.45) is 5.51. The van der Waals surface area contributed by atoms with Gasteiger partial charge in [-0.25, -0.2) is 0 Å². The van der Waals surface area contributed by atoms with Gasteiger partial charge in [0.1, 0.15) is 5.75 Å². The standard InChI is InChI=1S/C22H26N4O3/c1-29-20-12-15-16(22(24)28)13-25-19(15)11-14(20)7-3-2-4-10-21(27)26-18-9-6-5-8-17(18)23/h5-6,8-9,11-13,25H,2-4,7,10,23H2,1H3,(H2,24,28)(H,26,27). The number of benzene rings is 2. The predicted molar refractivity (Wildman–Crippen MR) is 115 cm³/mol. The van der Waals surface area contributed by atoms with Crippen molar-refractivity contribution in [3.63, 3.8) is 0 Å².